The van der Waals surface area contributed by atoms with Gasteiger partial charge in [-0.3, -0.25) is 4.79 Å². The Morgan fingerprint density at radius 1 is 1.10 bits per heavy atom. The zero-order valence-corrected chi connectivity index (χ0v) is 12.4. The van der Waals surface area contributed by atoms with Crippen LogP contribution in [0.4, 0.5) is 10.2 Å². The molecule has 1 aromatic carbocycles. The number of hydrogen-bond donors (Lipinski definition) is 0. The third-order valence-electron chi connectivity index (χ3n) is 3.13. The van der Waals surface area contributed by atoms with Crippen LogP contribution in [0.25, 0.3) is 0 Å². The van der Waals surface area contributed by atoms with Crippen molar-refractivity contribution in [2.24, 2.45) is 0 Å². The molecule has 0 aliphatic heterocycles. The SMILES string of the molecule is CN(Cc1ccc(F)cc1)C(=O)c1ccc(N(C)C)nc1. The topological polar surface area (TPSA) is 36.4 Å². The van der Waals surface area contributed by atoms with E-state index in [9.17, 15) is 9.18 Å². The van der Waals surface area contributed by atoms with Gasteiger partial charge in [0.25, 0.3) is 5.91 Å². The predicted molar refractivity (Wildman–Crippen MR) is 80.8 cm³/mol. The van der Waals surface area contributed by atoms with Crippen LogP contribution in [0.1, 0.15) is 15.9 Å². The van der Waals surface area contributed by atoms with E-state index in [1.165, 1.54) is 12.1 Å². The Morgan fingerprint density at radius 3 is 2.29 bits per heavy atom. The minimum atomic E-state index is -0.281. The summed E-state index contributed by atoms with van der Waals surface area (Å²) in [5.41, 5.74) is 1.41. The summed E-state index contributed by atoms with van der Waals surface area (Å²) in [5, 5.41) is 0. The van der Waals surface area contributed by atoms with Gasteiger partial charge in [-0.05, 0) is 29.8 Å². The molecule has 1 aromatic heterocycles. The summed E-state index contributed by atoms with van der Waals surface area (Å²) >= 11 is 0. The molecule has 0 aliphatic carbocycles. The normalized spacial score (nSPS) is 10.3. The number of benzene rings is 1. The Balaban J connectivity index is 2.06. The summed E-state index contributed by atoms with van der Waals surface area (Å²) in [7, 11) is 5.50. The summed E-state index contributed by atoms with van der Waals surface area (Å²) in [5.74, 6) is 0.404. The molecular formula is C16H18FN3O. The largest absolute Gasteiger partial charge is 0.363 e. The van der Waals surface area contributed by atoms with Crippen molar-refractivity contribution in [3.8, 4) is 0 Å². The van der Waals surface area contributed by atoms with Gasteiger partial charge in [0, 0.05) is 33.9 Å². The monoisotopic (exact) mass is 287 g/mol. The number of pyridine rings is 1. The first kappa shape index (κ1) is 15.0. The third kappa shape index (κ3) is 3.78. The molecule has 0 N–H and O–H groups in total. The molecule has 0 radical (unpaired) electrons. The molecule has 1 amide bonds. The molecule has 2 rings (SSSR count). The van der Waals surface area contributed by atoms with Crippen LogP contribution in [0.5, 0.6) is 0 Å². The molecule has 0 aliphatic rings. The Hall–Kier alpha value is -2.43. The number of rotatable bonds is 4. The predicted octanol–water partition coefficient (Wildman–Crippen LogP) is 2.56. The van der Waals surface area contributed by atoms with Crippen LogP contribution in [0.15, 0.2) is 42.6 Å². The second-order valence-electron chi connectivity index (χ2n) is 5.09. The molecule has 0 atom stereocenters. The van der Waals surface area contributed by atoms with Crippen LogP contribution in [-0.2, 0) is 6.54 Å². The van der Waals surface area contributed by atoms with E-state index in [0.29, 0.717) is 12.1 Å². The van der Waals surface area contributed by atoms with Gasteiger partial charge in [0.1, 0.15) is 11.6 Å². The molecule has 2 aromatic rings. The molecule has 4 nitrogen and oxygen atoms in total. The van der Waals surface area contributed by atoms with Crippen LogP contribution < -0.4 is 4.90 Å². The molecule has 0 fully saturated rings. The third-order valence-corrected chi connectivity index (χ3v) is 3.13. The van der Waals surface area contributed by atoms with Crippen LogP contribution in [-0.4, -0.2) is 36.9 Å². The van der Waals surface area contributed by atoms with Crippen LogP contribution in [0, 0.1) is 5.82 Å². The minimum Gasteiger partial charge on any atom is -0.363 e. The smallest absolute Gasteiger partial charge is 0.255 e. The Labute approximate surface area is 123 Å². The number of nitrogens with zero attached hydrogens (tertiary/aromatic N) is 3. The molecule has 0 saturated carbocycles. The molecule has 21 heavy (non-hydrogen) atoms. The maximum atomic E-state index is 12.9. The van der Waals surface area contributed by atoms with Crippen LogP contribution in [0.3, 0.4) is 0 Å². The van der Waals surface area contributed by atoms with Crippen molar-refractivity contribution < 1.29 is 9.18 Å². The number of aromatic nitrogens is 1. The lowest BCUT2D eigenvalue weighted by molar-refractivity contribution is 0.0784. The molecule has 0 bridgehead atoms. The van der Waals surface area contributed by atoms with E-state index < -0.39 is 0 Å². The van der Waals surface area contributed by atoms with Gasteiger partial charge in [0.2, 0.25) is 0 Å². The molecule has 0 spiro atoms. The van der Waals surface area contributed by atoms with Gasteiger partial charge in [0.15, 0.2) is 0 Å². The number of halogens is 1. The fraction of sp³-hybridized carbons (Fsp3) is 0.250. The van der Waals surface area contributed by atoms with Crippen molar-refractivity contribution in [3.63, 3.8) is 0 Å². The highest BCUT2D eigenvalue weighted by molar-refractivity contribution is 5.93. The van der Waals surface area contributed by atoms with Crippen molar-refractivity contribution in [2.75, 3.05) is 26.0 Å². The molecule has 5 heteroatoms. The van der Waals surface area contributed by atoms with E-state index in [1.54, 1.807) is 42.4 Å². The first-order valence-corrected chi connectivity index (χ1v) is 6.60. The average molecular weight is 287 g/mol. The Bertz CT molecular complexity index is 608. The maximum absolute atomic E-state index is 12.9. The summed E-state index contributed by atoms with van der Waals surface area (Å²) in [4.78, 5) is 20.0. The first-order chi connectivity index (χ1) is 9.97. The summed E-state index contributed by atoms with van der Waals surface area (Å²) in [6.45, 7) is 0.425. The van der Waals surface area contributed by atoms with E-state index >= 15 is 0 Å². The highest BCUT2D eigenvalue weighted by Gasteiger charge is 2.12. The Kier molecular flexibility index (Phi) is 4.52. The van der Waals surface area contributed by atoms with Gasteiger partial charge in [0.05, 0.1) is 5.56 Å². The van der Waals surface area contributed by atoms with E-state index in [-0.39, 0.29) is 11.7 Å². The van der Waals surface area contributed by atoms with Crippen molar-refractivity contribution in [1.82, 2.24) is 9.88 Å². The number of hydrogen-bond acceptors (Lipinski definition) is 3. The van der Waals surface area contributed by atoms with Gasteiger partial charge in [-0.2, -0.15) is 0 Å². The summed E-state index contributed by atoms with van der Waals surface area (Å²) in [6.07, 6.45) is 1.57. The lowest BCUT2D eigenvalue weighted by Crippen LogP contribution is -2.26. The van der Waals surface area contributed by atoms with Crippen molar-refractivity contribution in [3.05, 3.63) is 59.5 Å². The number of carbonyl (C=O) groups excluding carboxylic acids is 1. The summed E-state index contributed by atoms with van der Waals surface area (Å²) in [6, 6.07) is 9.69. The fourth-order valence-electron chi connectivity index (χ4n) is 1.93. The molecule has 110 valence electrons. The number of carbonyl (C=O) groups is 1. The highest BCUT2D eigenvalue weighted by Crippen LogP contribution is 2.12. The quantitative estimate of drug-likeness (QED) is 0.867. The van der Waals surface area contributed by atoms with E-state index in [2.05, 4.69) is 4.98 Å². The fourth-order valence-corrected chi connectivity index (χ4v) is 1.93. The van der Waals surface area contributed by atoms with Crippen molar-refractivity contribution in [2.45, 2.75) is 6.54 Å². The number of anilines is 1. The number of amides is 1. The van der Waals surface area contributed by atoms with Gasteiger partial charge >= 0.3 is 0 Å². The van der Waals surface area contributed by atoms with Crippen molar-refractivity contribution in [1.29, 1.82) is 0 Å². The second kappa shape index (κ2) is 6.35. The highest BCUT2D eigenvalue weighted by atomic mass is 19.1. The van der Waals surface area contributed by atoms with Gasteiger partial charge in [-0.1, -0.05) is 12.1 Å². The molecule has 0 unspecified atom stereocenters. The molecule has 1 heterocycles. The van der Waals surface area contributed by atoms with Gasteiger partial charge in [-0.25, -0.2) is 9.37 Å². The van der Waals surface area contributed by atoms with E-state index in [0.717, 1.165) is 11.4 Å². The lowest BCUT2D eigenvalue weighted by Gasteiger charge is -2.18. The zero-order valence-electron chi connectivity index (χ0n) is 12.4. The molecule has 0 saturated heterocycles. The van der Waals surface area contributed by atoms with Crippen LogP contribution >= 0.6 is 0 Å². The standard InChI is InChI=1S/C16H18FN3O/c1-19(2)15-9-6-13(10-18-15)16(21)20(3)11-12-4-7-14(17)8-5-12/h4-10H,11H2,1-3H3. The van der Waals surface area contributed by atoms with Gasteiger partial charge in [-0.15, -0.1) is 0 Å². The summed E-state index contributed by atoms with van der Waals surface area (Å²) < 4.78 is 12.9. The lowest BCUT2D eigenvalue weighted by atomic mass is 10.2. The maximum Gasteiger partial charge on any atom is 0.255 e. The molecular weight excluding hydrogens is 269 g/mol. The minimum absolute atomic E-state index is 0.114. The zero-order chi connectivity index (χ0) is 15.4. The average Bonchev–Trinajstić information content (AvgIpc) is 2.49. The first-order valence-electron chi connectivity index (χ1n) is 6.60. The van der Waals surface area contributed by atoms with Crippen molar-refractivity contribution >= 4 is 11.7 Å². The van der Waals surface area contributed by atoms with Crippen LogP contribution in [0.2, 0.25) is 0 Å². The van der Waals surface area contributed by atoms with E-state index in [1.807, 2.05) is 19.0 Å². The van der Waals surface area contributed by atoms with Gasteiger partial charge < -0.3 is 9.80 Å². The Morgan fingerprint density at radius 2 is 1.76 bits per heavy atom. The van der Waals surface area contributed by atoms with E-state index in [4.69, 9.17) is 0 Å². The second-order valence-corrected chi connectivity index (χ2v) is 5.09.